The highest BCUT2D eigenvalue weighted by molar-refractivity contribution is 7.91. The summed E-state index contributed by atoms with van der Waals surface area (Å²) in [6.45, 7) is 8.34. The van der Waals surface area contributed by atoms with Crippen LogP contribution in [-0.2, 0) is 17.3 Å². The molecular formula is C16H22F3NO2S. The lowest BCUT2D eigenvalue weighted by atomic mass is 9.91. The molecule has 1 N–H and O–H groups in total. The Morgan fingerprint density at radius 3 is 2.13 bits per heavy atom. The zero-order valence-electron chi connectivity index (χ0n) is 14.1. The molecule has 0 aromatic heterocycles. The molecule has 0 aliphatic carbocycles. The summed E-state index contributed by atoms with van der Waals surface area (Å²) < 4.78 is 58.3. The van der Waals surface area contributed by atoms with Gasteiger partial charge in [-0.1, -0.05) is 16.5 Å². The highest BCUT2D eigenvalue weighted by Crippen LogP contribution is 2.40. The van der Waals surface area contributed by atoms with Gasteiger partial charge in [0.15, 0.2) is 0 Å². The van der Waals surface area contributed by atoms with Crippen molar-refractivity contribution in [1.82, 2.24) is 0 Å². The molecule has 0 radical (unpaired) electrons. The molecule has 0 heterocycles. The first-order chi connectivity index (χ1) is 10.2. The molecule has 3 nitrogen and oxygen atoms in total. The predicted molar refractivity (Wildman–Crippen MR) is 86.7 cm³/mol. The summed E-state index contributed by atoms with van der Waals surface area (Å²) >= 11 is -1.64. The number of benzene rings is 1. The number of halogens is 3. The number of alkyl halides is 2. The van der Waals surface area contributed by atoms with E-state index in [1.807, 2.05) is 0 Å². The van der Waals surface area contributed by atoms with Crippen molar-refractivity contribution in [3.63, 3.8) is 0 Å². The quantitative estimate of drug-likeness (QED) is 0.661. The van der Waals surface area contributed by atoms with E-state index in [2.05, 4.69) is 4.40 Å². The summed E-state index contributed by atoms with van der Waals surface area (Å²) in [6, 6.07) is 3.47. The summed E-state index contributed by atoms with van der Waals surface area (Å²) in [7, 11) is 0. The lowest BCUT2D eigenvalue weighted by Gasteiger charge is -2.29. The zero-order chi connectivity index (χ0) is 18.2. The van der Waals surface area contributed by atoms with Crippen LogP contribution in [0.3, 0.4) is 0 Å². The summed E-state index contributed by atoms with van der Waals surface area (Å²) in [5, 5.41) is 9.61. The molecule has 0 aliphatic heterocycles. The first kappa shape index (κ1) is 20.0. The standard InChI is InChI=1S/C16H22F3NO2S/c1-10(20-23(22)14(2,3)4)11-8-7-9-12(13(11)17)16(18,19)15(5,6)21/h7-9,21H,1-6H3/b20-10+/t23-/m1/s1. The lowest BCUT2D eigenvalue weighted by Crippen LogP contribution is -2.41. The van der Waals surface area contributed by atoms with E-state index >= 15 is 0 Å². The number of aliphatic hydroxyl groups is 1. The average Bonchev–Trinajstić information content (AvgIpc) is 2.35. The number of hydrogen-bond acceptors (Lipinski definition) is 3. The van der Waals surface area contributed by atoms with Crippen molar-refractivity contribution in [2.75, 3.05) is 0 Å². The summed E-state index contributed by atoms with van der Waals surface area (Å²) in [5.74, 6) is -4.96. The molecule has 0 unspecified atom stereocenters. The van der Waals surface area contributed by atoms with E-state index in [1.54, 1.807) is 20.8 Å². The SMILES string of the molecule is C/C(=N\[S@+]([O-])C(C)(C)C)c1cccc(C(F)(F)C(C)(C)O)c1F. The third-order valence-electron chi connectivity index (χ3n) is 3.24. The van der Waals surface area contributed by atoms with Gasteiger partial charge in [-0.2, -0.15) is 8.78 Å². The molecule has 0 spiro atoms. The molecular weight excluding hydrogens is 327 g/mol. The van der Waals surface area contributed by atoms with Gasteiger partial charge in [-0.3, -0.25) is 0 Å². The second-order valence-corrected chi connectivity index (χ2v) is 8.74. The molecule has 0 fully saturated rings. The molecule has 0 saturated carbocycles. The molecule has 0 aliphatic rings. The Morgan fingerprint density at radius 1 is 1.17 bits per heavy atom. The normalized spacial score (nSPS) is 15.7. The fourth-order valence-electron chi connectivity index (χ4n) is 1.69. The highest BCUT2D eigenvalue weighted by atomic mass is 32.2. The average molecular weight is 349 g/mol. The van der Waals surface area contributed by atoms with E-state index in [0.717, 1.165) is 19.9 Å². The van der Waals surface area contributed by atoms with E-state index < -0.39 is 39.0 Å². The molecule has 7 heteroatoms. The van der Waals surface area contributed by atoms with Crippen LogP contribution in [0.5, 0.6) is 0 Å². The van der Waals surface area contributed by atoms with Gasteiger partial charge in [-0.05, 0) is 47.6 Å². The molecule has 0 amide bonds. The van der Waals surface area contributed by atoms with Crippen LogP contribution >= 0.6 is 0 Å². The maximum absolute atomic E-state index is 14.5. The van der Waals surface area contributed by atoms with Crippen molar-refractivity contribution in [2.45, 2.75) is 57.8 Å². The Hall–Kier alpha value is -1.05. The van der Waals surface area contributed by atoms with Gasteiger partial charge in [-0.15, -0.1) is 0 Å². The number of nitrogens with zero attached hydrogens (tertiary/aromatic N) is 1. The molecule has 130 valence electrons. The fourth-order valence-corrected chi connectivity index (χ4v) is 2.31. The number of rotatable bonds is 4. The molecule has 0 saturated heterocycles. The minimum atomic E-state index is -3.78. The third-order valence-corrected chi connectivity index (χ3v) is 4.73. The molecule has 1 atom stereocenters. The monoisotopic (exact) mass is 349 g/mol. The van der Waals surface area contributed by atoms with Gasteiger partial charge in [-0.25, -0.2) is 4.39 Å². The van der Waals surface area contributed by atoms with Crippen LogP contribution in [0.2, 0.25) is 0 Å². The van der Waals surface area contributed by atoms with Crippen LogP contribution in [0.25, 0.3) is 0 Å². The molecule has 1 rings (SSSR count). The van der Waals surface area contributed by atoms with Gasteiger partial charge < -0.3 is 9.66 Å². The van der Waals surface area contributed by atoms with E-state index in [9.17, 15) is 22.8 Å². The smallest absolute Gasteiger partial charge is 0.303 e. The van der Waals surface area contributed by atoms with Crippen LogP contribution < -0.4 is 0 Å². The van der Waals surface area contributed by atoms with Gasteiger partial charge in [0.25, 0.3) is 0 Å². The fraction of sp³-hybridized carbons (Fsp3) is 0.562. The topological polar surface area (TPSA) is 55.7 Å². The maximum atomic E-state index is 14.5. The van der Waals surface area contributed by atoms with Crippen LogP contribution in [-0.4, -0.2) is 25.7 Å². The van der Waals surface area contributed by atoms with E-state index in [4.69, 9.17) is 0 Å². The van der Waals surface area contributed by atoms with Crippen molar-refractivity contribution in [3.8, 4) is 0 Å². The summed E-state index contributed by atoms with van der Waals surface area (Å²) in [5.41, 5.74) is -3.45. The van der Waals surface area contributed by atoms with Gasteiger partial charge in [0.05, 0.1) is 11.3 Å². The van der Waals surface area contributed by atoms with Crippen molar-refractivity contribution in [1.29, 1.82) is 0 Å². The third kappa shape index (κ3) is 4.28. The van der Waals surface area contributed by atoms with E-state index in [-0.39, 0.29) is 11.3 Å². The Kier molecular flexibility index (Phi) is 5.61. The van der Waals surface area contributed by atoms with Gasteiger partial charge in [0.2, 0.25) is 0 Å². The second kappa shape index (κ2) is 6.45. The van der Waals surface area contributed by atoms with E-state index in [1.165, 1.54) is 19.1 Å². The zero-order valence-corrected chi connectivity index (χ0v) is 14.9. The molecule has 0 bridgehead atoms. The van der Waals surface area contributed by atoms with Crippen LogP contribution in [0.15, 0.2) is 22.6 Å². The summed E-state index contributed by atoms with van der Waals surface area (Å²) in [6.07, 6.45) is 0. The maximum Gasteiger partial charge on any atom is 0.303 e. The van der Waals surface area contributed by atoms with Crippen LogP contribution in [0.1, 0.15) is 52.7 Å². The predicted octanol–water partition coefficient (Wildman–Crippen LogP) is 3.96. The van der Waals surface area contributed by atoms with Gasteiger partial charge >= 0.3 is 5.92 Å². The largest absolute Gasteiger partial charge is 0.591 e. The second-order valence-electron chi connectivity index (χ2n) is 6.84. The van der Waals surface area contributed by atoms with Crippen LogP contribution in [0, 0.1) is 5.82 Å². The lowest BCUT2D eigenvalue weighted by molar-refractivity contribution is -0.170. The summed E-state index contributed by atoms with van der Waals surface area (Å²) in [4.78, 5) is 0. The first-order valence-electron chi connectivity index (χ1n) is 7.06. The van der Waals surface area contributed by atoms with Crippen molar-refractivity contribution >= 4 is 17.1 Å². The Balaban J connectivity index is 3.38. The van der Waals surface area contributed by atoms with Crippen molar-refractivity contribution in [3.05, 3.63) is 35.1 Å². The Labute approximate surface area is 137 Å². The minimum Gasteiger partial charge on any atom is -0.591 e. The van der Waals surface area contributed by atoms with Gasteiger partial charge in [0.1, 0.15) is 27.5 Å². The van der Waals surface area contributed by atoms with E-state index in [0.29, 0.717) is 0 Å². The number of hydrogen-bond donors (Lipinski definition) is 1. The molecule has 1 aromatic rings. The minimum absolute atomic E-state index is 0.0594. The van der Waals surface area contributed by atoms with Crippen molar-refractivity contribution in [2.24, 2.45) is 4.40 Å². The van der Waals surface area contributed by atoms with Crippen molar-refractivity contribution < 1.29 is 22.8 Å². The highest BCUT2D eigenvalue weighted by Gasteiger charge is 2.49. The Morgan fingerprint density at radius 2 is 1.70 bits per heavy atom. The Bertz CT molecular complexity index is 604. The first-order valence-corrected chi connectivity index (χ1v) is 8.17. The molecule has 23 heavy (non-hydrogen) atoms. The van der Waals surface area contributed by atoms with Crippen LogP contribution in [0.4, 0.5) is 13.2 Å². The van der Waals surface area contributed by atoms with Gasteiger partial charge in [0, 0.05) is 5.56 Å². The molecule has 1 aromatic carbocycles.